The molecule has 6 heteroatoms. The highest BCUT2D eigenvalue weighted by Crippen LogP contribution is 2.28. The first-order valence-corrected chi connectivity index (χ1v) is 5.95. The van der Waals surface area contributed by atoms with Crippen LogP contribution in [0.5, 0.6) is 0 Å². The molecule has 1 rings (SSSR count). The third kappa shape index (κ3) is 4.80. The molecule has 0 aromatic carbocycles. The van der Waals surface area contributed by atoms with Crippen LogP contribution in [-0.4, -0.2) is 48.1 Å². The van der Waals surface area contributed by atoms with Crippen LogP contribution >= 0.6 is 0 Å². The van der Waals surface area contributed by atoms with E-state index in [4.69, 9.17) is 24.1 Å². The zero-order valence-corrected chi connectivity index (χ0v) is 11.6. The van der Waals surface area contributed by atoms with Crippen molar-refractivity contribution in [1.82, 2.24) is 0 Å². The van der Waals surface area contributed by atoms with Crippen molar-refractivity contribution in [3.05, 3.63) is 0 Å². The summed E-state index contributed by atoms with van der Waals surface area (Å²) in [5, 5.41) is 9.14. The lowest BCUT2D eigenvalue weighted by Crippen LogP contribution is -2.33. The van der Waals surface area contributed by atoms with Crippen LogP contribution in [0.4, 0.5) is 4.79 Å². The molecule has 0 aromatic rings. The van der Waals surface area contributed by atoms with Gasteiger partial charge in [-0.2, -0.15) is 0 Å². The van der Waals surface area contributed by atoms with Gasteiger partial charge in [0.1, 0.15) is 24.4 Å². The van der Waals surface area contributed by atoms with Crippen LogP contribution in [0.15, 0.2) is 0 Å². The van der Waals surface area contributed by atoms with Crippen molar-refractivity contribution in [3.63, 3.8) is 0 Å². The molecule has 106 valence electrons. The first-order chi connectivity index (χ1) is 8.13. The lowest BCUT2D eigenvalue weighted by atomic mass is 10.2. The van der Waals surface area contributed by atoms with Gasteiger partial charge in [-0.1, -0.05) is 0 Å². The van der Waals surface area contributed by atoms with Crippen molar-refractivity contribution in [2.24, 2.45) is 0 Å². The van der Waals surface area contributed by atoms with Crippen molar-refractivity contribution in [3.8, 4) is 0 Å². The number of carbonyl (C=O) groups is 1. The van der Waals surface area contributed by atoms with E-state index >= 15 is 0 Å². The predicted octanol–water partition coefficient (Wildman–Crippen LogP) is 1.45. The van der Waals surface area contributed by atoms with E-state index in [2.05, 4.69) is 0 Å². The maximum Gasteiger partial charge on any atom is 0.508 e. The highest BCUT2D eigenvalue weighted by Gasteiger charge is 2.41. The van der Waals surface area contributed by atoms with Crippen LogP contribution in [0.3, 0.4) is 0 Å². The van der Waals surface area contributed by atoms with Crippen molar-refractivity contribution >= 4 is 6.16 Å². The average Bonchev–Trinajstić information content (AvgIpc) is 2.47. The summed E-state index contributed by atoms with van der Waals surface area (Å²) in [6, 6.07) is 0. The van der Waals surface area contributed by atoms with Gasteiger partial charge in [-0.05, 0) is 34.6 Å². The SMILES string of the molecule is CC(C)(C)OC(=O)OC[C@@H]1OC(C)(C)O[C@H]1CO. The van der Waals surface area contributed by atoms with Gasteiger partial charge in [0.25, 0.3) is 0 Å². The number of carbonyl (C=O) groups excluding carboxylic acids is 1. The van der Waals surface area contributed by atoms with Crippen LogP contribution in [-0.2, 0) is 18.9 Å². The molecule has 1 aliphatic rings. The van der Waals surface area contributed by atoms with E-state index in [1.54, 1.807) is 34.6 Å². The molecule has 1 heterocycles. The van der Waals surface area contributed by atoms with E-state index in [9.17, 15) is 4.79 Å². The Morgan fingerprint density at radius 2 is 1.83 bits per heavy atom. The maximum absolute atomic E-state index is 11.4. The van der Waals surface area contributed by atoms with Crippen LogP contribution in [0.1, 0.15) is 34.6 Å². The van der Waals surface area contributed by atoms with Gasteiger partial charge >= 0.3 is 6.16 Å². The summed E-state index contributed by atoms with van der Waals surface area (Å²) >= 11 is 0. The highest BCUT2D eigenvalue weighted by atomic mass is 16.8. The summed E-state index contributed by atoms with van der Waals surface area (Å²) in [5.41, 5.74) is -0.597. The molecular formula is C12H22O6. The molecular weight excluding hydrogens is 240 g/mol. The highest BCUT2D eigenvalue weighted by molar-refractivity contribution is 5.60. The van der Waals surface area contributed by atoms with Gasteiger partial charge in [-0.15, -0.1) is 0 Å². The van der Waals surface area contributed by atoms with Gasteiger partial charge in [-0.25, -0.2) is 4.79 Å². The standard InChI is InChI=1S/C12H22O6/c1-11(2,3)18-10(14)15-7-9-8(6-13)16-12(4,5)17-9/h8-9,13H,6-7H2,1-5H3/t8-,9-/m0/s1. The fraction of sp³-hybridized carbons (Fsp3) is 0.917. The fourth-order valence-corrected chi connectivity index (χ4v) is 1.63. The topological polar surface area (TPSA) is 74.2 Å². The van der Waals surface area contributed by atoms with Crippen LogP contribution < -0.4 is 0 Å². The van der Waals surface area contributed by atoms with Crippen LogP contribution in [0, 0.1) is 0 Å². The summed E-state index contributed by atoms with van der Waals surface area (Å²) in [6.45, 7) is 8.54. The Labute approximate surface area is 107 Å². The Morgan fingerprint density at radius 1 is 1.28 bits per heavy atom. The van der Waals surface area contributed by atoms with Gasteiger partial charge in [0.2, 0.25) is 0 Å². The second-order valence-corrected chi connectivity index (χ2v) is 5.67. The Hall–Kier alpha value is -0.850. The lowest BCUT2D eigenvalue weighted by Gasteiger charge is -2.20. The van der Waals surface area contributed by atoms with Gasteiger partial charge in [0, 0.05) is 0 Å². The van der Waals surface area contributed by atoms with E-state index in [1.807, 2.05) is 0 Å². The van der Waals surface area contributed by atoms with Crippen molar-refractivity contribution in [2.75, 3.05) is 13.2 Å². The van der Waals surface area contributed by atoms with Crippen LogP contribution in [0.25, 0.3) is 0 Å². The zero-order chi connectivity index (χ0) is 14.0. The lowest BCUT2D eigenvalue weighted by molar-refractivity contribution is -0.152. The largest absolute Gasteiger partial charge is 0.508 e. The van der Waals surface area contributed by atoms with E-state index in [0.29, 0.717) is 0 Å². The monoisotopic (exact) mass is 262 g/mol. The minimum absolute atomic E-state index is 0.0103. The summed E-state index contributed by atoms with van der Waals surface area (Å²) in [7, 11) is 0. The normalized spacial score (nSPS) is 27.0. The molecule has 1 aliphatic heterocycles. The molecule has 0 saturated carbocycles. The second-order valence-electron chi connectivity index (χ2n) is 5.67. The molecule has 6 nitrogen and oxygen atoms in total. The van der Waals surface area contributed by atoms with Gasteiger partial charge in [0.15, 0.2) is 5.79 Å². The molecule has 18 heavy (non-hydrogen) atoms. The number of aliphatic hydroxyl groups is 1. The Bertz CT molecular complexity index is 293. The minimum atomic E-state index is -0.782. The van der Waals surface area contributed by atoms with E-state index in [1.165, 1.54) is 0 Å². The Morgan fingerprint density at radius 3 is 2.33 bits per heavy atom. The maximum atomic E-state index is 11.4. The summed E-state index contributed by atoms with van der Waals surface area (Å²) in [4.78, 5) is 11.4. The van der Waals surface area contributed by atoms with E-state index in [0.717, 1.165) is 0 Å². The third-order valence-electron chi connectivity index (χ3n) is 2.22. The fourth-order valence-electron chi connectivity index (χ4n) is 1.63. The van der Waals surface area contributed by atoms with Crippen LogP contribution in [0.2, 0.25) is 0 Å². The minimum Gasteiger partial charge on any atom is -0.431 e. The molecule has 1 fully saturated rings. The van der Waals surface area contributed by atoms with E-state index in [-0.39, 0.29) is 13.2 Å². The molecule has 0 unspecified atom stereocenters. The Kier molecular flexibility index (Phi) is 4.58. The molecule has 0 aromatic heterocycles. The number of hydrogen-bond donors (Lipinski definition) is 1. The first-order valence-electron chi connectivity index (χ1n) is 5.95. The quantitative estimate of drug-likeness (QED) is 0.776. The molecule has 2 atom stereocenters. The van der Waals surface area contributed by atoms with Gasteiger partial charge in [0.05, 0.1) is 6.61 Å². The Balaban J connectivity index is 2.41. The molecule has 0 spiro atoms. The van der Waals surface area contributed by atoms with Gasteiger partial charge < -0.3 is 24.1 Å². The number of ether oxygens (including phenoxy) is 4. The number of aliphatic hydroxyl groups excluding tert-OH is 1. The summed E-state index contributed by atoms with van der Waals surface area (Å²) in [6.07, 6.45) is -1.74. The van der Waals surface area contributed by atoms with Crippen molar-refractivity contribution < 1.29 is 28.8 Å². The van der Waals surface area contributed by atoms with E-state index < -0.39 is 29.8 Å². The molecule has 0 bridgehead atoms. The molecule has 0 radical (unpaired) electrons. The van der Waals surface area contributed by atoms with Crippen molar-refractivity contribution in [1.29, 1.82) is 0 Å². The summed E-state index contributed by atoms with van der Waals surface area (Å²) in [5.74, 6) is -0.782. The molecule has 1 N–H and O–H groups in total. The number of hydrogen-bond acceptors (Lipinski definition) is 6. The zero-order valence-electron chi connectivity index (χ0n) is 11.6. The second kappa shape index (κ2) is 5.42. The third-order valence-corrected chi connectivity index (χ3v) is 2.22. The number of rotatable bonds is 3. The predicted molar refractivity (Wildman–Crippen MR) is 63.1 cm³/mol. The molecule has 0 amide bonds. The van der Waals surface area contributed by atoms with Crippen molar-refractivity contribution in [2.45, 2.75) is 58.2 Å². The molecule has 1 saturated heterocycles. The molecule has 0 aliphatic carbocycles. The summed E-state index contributed by atoms with van der Waals surface area (Å²) < 4.78 is 20.9. The van der Waals surface area contributed by atoms with Gasteiger partial charge in [-0.3, -0.25) is 0 Å². The smallest absolute Gasteiger partial charge is 0.431 e. The first kappa shape index (κ1) is 15.2. The average molecular weight is 262 g/mol.